The van der Waals surface area contributed by atoms with Gasteiger partial charge in [-0.1, -0.05) is 12.1 Å². The molecule has 0 bridgehead atoms. The third-order valence-electron chi connectivity index (χ3n) is 4.45. The van der Waals surface area contributed by atoms with E-state index in [1.807, 2.05) is 42.6 Å². The van der Waals surface area contributed by atoms with Gasteiger partial charge in [0.2, 0.25) is 0 Å². The van der Waals surface area contributed by atoms with Crippen LogP contribution in [0.2, 0.25) is 0 Å². The predicted molar refractivity (Wildman–Crippen MR) is 101 cm³/mol. The highest BCUT2D eigenvalue weighted by Gasteiger charge is 2.10. The minimum atomic E-state index is -0.385. The van der Waals surface area contributed by atoms with E-state index in [1.54, 1.807) is 19.2 Å². The van der Waals surface area contributed by atoms with Gasteiger partial charge in [0.1, 0.15) is 5.75 Å². The van der Waals surface area contributed by atoms with Crippen molar-refractivity contribution in [2.75, 3.05) is 7.11 Å². The van der Waals surface area contributed by atoms with Crippen LogP contribution in [0.5, 0.6) is 5.75 Å². The third kappa shape index (κ3) is 2.80. The Labute approximate surface area is 150 Å². The number of aromatic nitrogens is 1. The SMILES string of the molecule is COc1ccc(-c2cc(-c3ccc([N+](=O)[O-])cc3)c3cccn3c2)cc1. The summed E-state index contributed by atoms with van der Waals surface area (Å²) < 4.78 is 7.29. The maximum absolute atomic E-state index is 10.9. The summed E-state index contributed by atoms with van der Waals surface area (Å²) >= 11 is 0. The Bertz CT molecular complexity index is 1080. The second-order valence-corrected chi connectivity index (χ2v) is 5.98. The number of methoxy groups -OCH3 is 1. The molecule has 128 valence electrons. The number of fused-ring (bicyclic) bond motifs is 1. The molecule has 0 atom stereocenters. The third-order valence-corrected chi connectivity index (χ3v) is 4.45. The molecule has 0 aliphatic heterocycles. The van der Waals surface area contributed by atoms with Crippen LogP contribution >= 0.6 is 0 Å². The van der Waals surface area contributed by atoms with Gasteiger partial charge in [-0.2, -0.15) is 0 Å². The van der Waals surface area contributed by atoms with Gasteiger partial charge in [-0.05, 0) is 59.2 Å². The molecule has 0 saturated heterocycles. The first-order valence-electron chi connectivity index (χ1n) is 8.16. The van der Waals surface area contributed by atoms with Gasteiger partial charge in [0.05, 0.1) is 17.5 Å². The first-order valence-corrected chi connectivity index (χ1v) is 8.16. The van der Waals surface area contributed by atoms with Crippen LogP contribution < -0.4 is 4.74 Å². The molecule has 0 fully saturated rings. The highest BCUT2D eigenvalue weighted by atomic mass is 16.6. The topological polar surface area (TPSA) is 56.8 Å². The van der Waals surface area contributed by atoms with Crippen LogP contribution in [0.15, 0.2) is 79.1 Å². The molecule has 0 N–H and O–H groups in total. The average molecular weight is 344 g/mol. The molecule has 0 unspecified atom stereocenters. The average Bonchev–Trinajstić information content (AvgIpc) is 3.16. The molecule has 0 spiro atoms. The second kappa shape index (κ2) is 6.37. The number of non-ortho nitro benzene ring substituents is 1. The van der Waals surface area contributed by atoms with E-state index in [-0.39, 0.29) is 10.6 Å². The van der Waals surface area contributed by atoms with E-state index in [0.717, 1.165) is 33.5 Å². The number of nitro benzene ring substituents is 1. The number of benzene rings is 2. The Morgan fingerprint density at radius 2 is 1.62 bits per heavy atom. The fraction of sp³-hybridized carbons (Fsp3) is 0.0476. The molecule has 0 saturated carbocycles. The van der Waals surface area contributed by atoms with Gasteiger partial charge in [0.15, 0.2) is 0 Å². The smallest absolute Gasteiger partial charge is 0.269 e. The van der Waals surface area contributed by atoms with Crippen molar-refractivity contribution in [1.29, 1.82) is 0 Å². The minimum absolute atomic E-state index is 0.0893. The Morgan fingerprint density at radius 1 is 0.923 bits per heavy atom. The monoisotopic (exact) mass is 344 g/mol. The maximum Gasteiger partial charge on any atom is 0.269 e. The van der Waals surface area contributed by atoms with Crippen molar-refractivity contribution in [3.8, 4) is 28.0 Å². The highest BCUT2D eigenvalue weighted by Crippen LogP contribution is 2.32. The molecule has 26 heavy (non-hydrogen) atoms. The highest BCUT2D eigenvalue weighted by molar-refractivity contribution is 5.85. The minimum Gasteiger partial charge on any atom is -0.497 e. The van der Waals surface area contributed by atoms with Gasteiger partial charge in [-0.25, -0.2) is 0 Å². The molecule has 5 nitrogen and oxygen atoms in total. The Kier molecular flexibility index (Phi) is 3.89. The van der Waals surface area contributed by atoms with E-state index in [4.69, 9.17) is 4.74 Å². The Morgan fingerprint density at radius 3 is 2.27 bits per heavy atom. The number of pyridine rings is 1. The lowest BCUT2D eigenvalue weighted by Gasteiger charge is -2.10. The zero-order valence-electron chi connectivity index (χ0n) is 14.1. The first kappa shape index (κ1) is 15.9. The quantitative estimate of drug-likeness (QED) is 0.378. The van der Waals surface area contributed by atoms with E-state index >= 15 is 0 Å². The summed E-state index contributed by atoms with van der Waals surface area (Å²) in [4.78, 5) is 10.5. The van der Waals surface area contributed by atoms with Crippen molar-refractivity contribution in [3.63, 3.8) is 0 Å². The lowest BCUT2D eigenvalue weighted by molar-refractivity contribution is -0.384. The molecule has 0 radical (unpaired) electrons. The lowest BCUT2D eigenvalue weighted by atomic mass is 10.00. The van der Waals surface area contributed by atoms with E-state index in [0.29, 0.717) is 0 Å². The molecule has 5 heteroatoms. The van der Waals surface area contributed by atoms with E-state index < -0.39 is 0 Å². The van der Waals surface area contributed by atoms with Crippen LogP contribution in [0.4, 0.5) is 5.69 Å². The Balaban J connectivity index is 1.85. The lowest BCUT2D eigenvalue weighted by Crippen LogP contribution is -1.91. The zero-order chi connectivity index (χ0) is 18.1. The predicted octanol–water partition coefficient (Wildman–Crippen LogP) is 5.19. The number of nitrogens with zero attached hydrogens (tertiary/aromatic N) is 2. The van der Waals surface area contributed by atoms with Crippen molar-refractivity contribution in [3.05, 3.63) is 89.2 Å². The number of hydrogen-bond donors (Lipinski definition) is 0. The summed E-state index contributed by atoms with van der Waals surface area (Å²) in [6, 6.07) is 20.7. The molecule has 2 aromatic heterocycles. The first-order chi connectivity index (χ1) is 12.7. The van der Waals surface area contributed by atoms with E-state index in [9.17, 15) is 10.1 Å². The maximum atomic E-state index is 10.9. The van der Waals surface area contributed by atoms with Crippen molar-refractivity contribution < 1.29 is 9.66 Å². The van der Waals surface area contributed by atoms with Gasteiger partial charge >= 0.3 is 0 Å². The molecule has 2 aromatic carbocycles. The Hall–Kier alpha value is -3.60. The fourth-order valence-electron chi connectivity index (χ4n) is 3.09. The van der Waals surface area contributed by atoms with E-state index in [2.05, 4.69) is 16.7 Å². The second-order valence-electron chi connectivity index (χ2n) is 5.98. The van der Waals surface area contributed by atoms with Crippen LogP contribution in [-0.4, -0.2) is 16.4 Å². The molecule has 0 aliphatic carbocycles. The van der Waals surface area contributed by atoms with E-state index in [1.165, 1.54) is 12.1 Å². The summed E-state index contributed by atoms with van der Waals surface area (Å²) in [5.41, 5.74) is 5.24. The van der Waals surface area contributed by atoms with Gasteiger partial charge < -0.3 is 9.14 Å². The molecule has 4 rings (SSSR count). The summed E-state index contributed by atoms with van der Waals surface area (Å²) in [5.74, 6) is 0.811. The summed E-state index contributed by atoms with van der Waals surface area (Å²) in [6.07, 6.45) is 4.07. The number of hydrogen-bond acceptors (Lipinski definition) is 3. The number of nitro groups is 1. The summed E-state index contributed by atoms with van der Waals surface area (Å²) in [5, 5.41) is 10.9. The van der Waals surface area contributed by atoms with Crippen LogP contribution in [0.3, 0.4) is 0 Å². The van der Waals surface area contributed by atoms with Gasteiger partial charge in [0, 0.05) is 30.1 Å². The standard InChI is InChI=1S/C21H16N2O3/c1-26-19-10-6-15(7-11-19)17-13-20(21-3-2-12-22(21)14-17)16-4-8-18(9-5-16)23(24)25/h2-14H,1H3. The summed E-state index contributed by atoms with van der Waals surface area (Å²) in [6.45, 7) is 0. The van der Waals surface area contributed by atoms with Crippen molar-refractivity contribution in [2.45, 2.75) is 0 Å². The van der Waals surface area contributed by atoms with Gasteiger partial charge in [-0.3, -0.25) is 10.1 Å². The van der Waals surface area contributed by atoms with Crippen LogP contribution in [0, 0.1) is 10.1 Å². The van der Waals surface area contributed by atoms with Crippen LogP contribution in [0.25, 0.3) is 27.8 Å². The zero-order valence-corrected chi connectivity index (χ0v) is 14.1. The molecule has 0 amide bonds. The molecule has 4 aromatic rings. The molecular formula is C21H16N2O3. The van der Waals surface area contributed by atoms with Gasteiger partial charge in [0.25, 0.3) is 5.69 Å². The van der Waals surface area contributed by atoms with Crippen LogP contribution in [0.1, 0.15) is 0 Å². The molecular weight excluding hydrogens is 328 g/mol. The number of ether oxygens (including phenoxy) is 1. The normalized spacial score (nSPS) is 10.8. The van der Waals surface area contributed by atoms with Crippen molar-refractivity contribution in [1.82, 2.24) is 4.40 Å². The largest absolute Gasteiger partial charge is 0.497 e. The summed E-state index contributed by atoms with van der Waals surface area (Å²) in [7, 11) is 1.65. The van der Waals surface area contributed by atoms with Crippen LogP contribution in [-0.2, 0) is 0 Å². The fourth-order valence-corrected chi connectivity index (χ4v) is 3.09. The van der Waals surface area contributed by atoms with Crippen molar-refractivity contribution >= 4 is 11.2 Å². The molecule has 0 aliphatic rings. The molecule has 2 heterocycles. The van der Waals surface area contributed by atoms with Crippen molar-refractivity contribution in [2.24, 2.45) is 0 Å². The number of rotatable bonds is 4. The van der Waals surface area contributed by atoms with Gasteiger partial charge in [-0.15, -0.1) is 0 Å².